The summed E-state index contributed by atoms with van der Waals surface area (Å²) in [6.07, 6.45) is 4.99. The van der Waals surface area contributed by atoms with Gasteiger partial charge in [-0.15, -0.1) is 0 Å². The average Bonchev–Trinajstić information content (AvgIpc) is 3.14. The fourth-order valence-corrected chi connectivity index (χ4v) is 4.85. The Morgan fingerprint density at radius 3 is 2.20 bits per heavy atom. The summed E-state index contributed by atoms with van der Waals surface area (Å²) in [6.45, 7) is 0. The zero-order valence-electron chi connectivity index (χ0n) is 14.3. The number of anilines is 4. The monoisotopic (exact) mass is 326 g/mol. The van der Waals surface area contributed by atoms with Crippen LogP contribution in [-0.4, -0.2) is 0 Å². The quantitative estimate of drug-likeness (QED) is 0.563. The number of hydrogen-bond donors (Lipinski definition) is 1. The molecule has 2 heteroatoms. The van der Waals surface area contributed by atoms with Gasteiger partial charge in [-0.25, -0.2) is 0 Å². The zero-order chi connectivity index (χ0) is 16.9. The van der Waals surface area contributed by atoms with Crippen LogP contribution in [0.25, 0.3) is 0 Å². The van der Waals surface area contributed by atoms with Crippen molar-refractivity contribution in [1.82, 2.24) is 0 Å². The fraction of sp³-hybridized carbons (Fsp3) is 0.217. The Morgan fingerprint density at radius 1 is 0.720 bits per heavy atom. The highest BCUT2D eigenvalue weighted by molar-refractivity contribution is 5.87. The van der Waals surface area contributed by atoms with E-state index in [0.29, 0.717) is 0 Å². The zero-order valence-corrected chi connectivity index (χ0v) is 14.3. The van der Waals surface area contributed by atoms with Crippen LogP contribution in [0.3, 0.4) is 0 Å². The molecule has 0 bridgehead atoms. The summed E-state index contributed by atoms with van der Waals surface area (Å²) in [5, 5.41) is 0. The van der Waals surface area contributed by atoms with E-state index in [4.69, 9.17) is 5.73 Å². The van der Waals surface area contributed by atoms with E-state index >= 15 is 0 Å². The molecule has 1 heterocycles. The first kappa shape index (κ1) is 14.6. The molecule has 5 rings (SSSR count). The predicted molar refractivity (Wildman–Crippen MR) is 105 cm³/mol. The van der Waals surface area contributed by atoms with Crippen molar-refractivity contribution in [3.8, 4) is 0 Å². The van der Waals surface area contributed by atoms with Crippen molar-refractivity contribution in [3.63, 3.8) is 0 Å². The van der Waals surface area contributed by atoms with Crippen LogP contribution in [0.5, 0.6) is 0 Å². The van der Waals surface area contributed by atoms with Gasteiger partial charge in [-0.2, -0.15) is 0 Å². The number of benzene rings is 3. The molecule has 0 radical (unpaired) electrons. The van der Waals surface area contributed by atoms with E-state index in [9.17, 15) is 0 Å². The second-order valence-corrected chi connectivity index (χ2v) is 7.25. The summed E-state index contributed by atoms with van der Waals surface area (Å²) in [5.74, 6) is 0. The number of rotatable bonds is 1. The second-order valence-electron chi connectivity index (χ2n) is 7.25. The number of nitrogen functional groups attached to an aromatic ring is 1. The van der Waals surface area contributed by atoms with Crippen LogP contribution in [0, 0.1) is 0 Å². The van der Waals surface area contributed by atoms with Crippen LogP contribution in [0.1, 0.15) is 36.8 Å². The first-order valence-electron chi connectivity index (χ1n) is 9.14. The number of nitrogens with two attached hydrogens (primary N) is 1. The Balaban J connectivity index is 1.84. The van der Waals surface area contributed by atoms with E-state index in [1.165, 1.54) is 53.9 Å². The molecule has 0 atom stereocenters. The van der Waals surface area contributed by atoms with Crippen molar-refractivity contribution >= 4 is 22.7 Å². The molecular formula is C23H22N2. The van der Waals surface area contributed by atoms with Gasteiger partial charge in [-0.05, 0) is 60.4 Å². The summed E-state index contributed by atoms with van der Waals surface area (Å²) < 4.78 is 0. The van der Waals surface area contributed by atoms with Gasteiger partial charge in [0, 0.05) is 16.8 Å². The Hall–Kier alpha value is -2.74. The minimum absolute atomic E-state index is 0.118. The Labute approximate surface area is 148 Å². The molecule has 3 aromatic rings. The van der Waals surface area contributed by atoms with Crippen molar-refractivity contribution in [2.75, 3.05) is 10.6 Å². The highest BCUT2D eigenvalue weighted by Crippen LogP contribution is 2.58. The van der Waals surface area contributed by atoms with Gasteiger partial charge in [0.2, 0.25) is 0 Å². The third kappa shape index (κ3) is 2.03. The first-order chi connectivity index (χ1) is 12.3. The summed E-state index contributed by atoms with van der Waals surface area (Å²) in [5.41, 5.74) is 13.8. The smallest absolute Gasteiger partial charge is 0.0504 e. The Morgan fingerprint density at radius 2 is 1.40 bits per heavy atom. The van der Waals surface area contributed by atoms with Crippen LogP contribution < -0.4 is 10.6 Å². The van der Waals surface area contributed by atoms with E-state index in [2.05, 4.69) is 71.6 Å². The van der Waals surface area contributed by atoms with Gasteiger partial charge < -0.3 is 10.6 Å². The SMILES string of the molecule is Nc1ccc2c(c1)C1(CCCC1)c1ccccc1N2c1ccccc1. The van der Waals surface area contributed by atoms with E-state index in [1.54, 1.807) is 0 Å². The summed E-state index contributed by atoms with van der Waals surface area (Å²) in [7, 11) is 0. The van der Waals surface area contributed by atoms with Crippen molar-refractivity contribution in [1.29, 1.82) is 0 Å². The molecule has 0 amide bonds. The predicted octanol–water partition coefficient (Wildman–Crippen LogP) is 5.91. The standard InChI is InChI=1S/C23H22N2/c24-17-12-13-22-20(16-17)23(14-6-7-15-23)19-10-4-5-11-21(19)25(22)18-8-2-1-3-9-18/h1-5,8-13,16H,6-7,14-15,24H2. The van der Waals surface area contributed by atoms with E-state index in [1.807, 2.05) is 6.07 Å². The molecule has 1 spiro atoms. The highest BCUT2D eigenvalue weighted by Gasteiger charge is 2.45. The van der Waals surface area contributed by atoms with Crippen molar-refractivity contribution in [2.45, 2.75) is 31.1 Å². The average molecular weight is 326 g/mol. The van der Waals surface area contributed by atoms with Gasteiger partial charge in [0.1, 0.15) is 0 Å². The van der Waals surface area contributed by atoms with E-state index in [0.717, 1.165) is 5.69 Å². The van der Waals surface area contributed by atoms with Crippen molar-refractivity contribution in [3.05, 3.63) is 83.9 Å². The summed E-state index contributed by atoms with van der Waals surface area (Å²) in [6, 6.07) is 26.0. The van der Waals surface area contributed by atoms with Crippen LogP contribution >= 0.6 is 0 Å². The lowest BCUT2D eigenvalue weighted by Gasteiger charge is -2.44. The number of para-hydroxylation sites is 2. The van der Waals surface area contributed by atoms with E-state index in [-0.39, 0.29) is 5.41 Å². The van der Waals surface area contributed by atoms with Crippen molar-refractivity contribution < 1.29 is 0 Å². The Bertz CT molecular complexity index is 924. The molecule has 0 aromatic heterocycles. The lowest BCUT2D eigenvalue weighted by molar-refractivity contribution is 0.530. The highest BCUT2D eigenvalue weighted by atomic mass is 15.2. The largest absolute Gasteiger partial charge is 0.399 e. The van der Waals surface area contributed by atoms with Crippen LogP contribution in [0.4, 0.5) is 22.7 Å². The van der Waals surface area contributed by atoms with Crippen LogP contribution in [0.2, 0.25) is 0 Å². The minimum atomic E-state index is 0.118. The van der Waals surface area contributed by atoms with Crippen LogP contribution in [-0.2, 0) is 5.41 Å². The first-order valence-corrected chi connectivity index (χ1v) is 9.14. The maximum atomic E-state index is 6.22. The maximum Gasteiger partial charge on any atom is 0.0504 e. The molecule has 1 saturated carbocycles. The van der Waals surface area contributed by atoms with Crippen molar-refractivity contribution in [2.24, 2.45) is 0 Å². The molecule has 25 heavy (non-hydrogen) atoms. The third-order valence-corrected chi connectivity index (χ3v) is 5.91. The number of hydrogen-bond acceptors (Lipinski definition) is 2. The van der Waals surface area contributed by atoms with E-state index < -0.39 is 0 Å². The fourth-order valence-electron chi connectivity index (χ4n) is 4.85. The molecule has 1 fully saturated rings. The molecule has 3 aromatic carbocycles. The number of nitrogens with zero attached hydrogens (tertiary/aromatic N) is 1. The molecular weight excluding hydrogens is 304 g/mol. The Kier molecular flexibility index (Phi) is 3.14. The molecule has 0 saturated heterocycles. The molecule has 1 aliphatic carbocycles. The third-order valence-electron chi connectivity index (χ3n) is 5.91. The molecule has 0 unspecified atom stereocenters. The number of fused-ring (bicyclic) bond motifs is 4. The van der Waals surface area contributed by atoms with Crippen LogP contribution in [0.15, 0.2) is 72.8 Å². The molecule has 2 nitrogen and oxygen atoms in total. The maximum absolute atomic E-state index is 6.22. The topological polar surface area (TPSA) is 29.3 Å². The lowest BCUT2D eigenvalue weighted by atomic mass is 9.69. The van der Waals surface area contributed by atoms with Gasteiger partial charge in [0.05, 0.1) is 11.4 Å². The summed E-state index contributed by atoms with van der Waals surface area (Å²) >= 11 is 0. The van der Waals surface area contributed by atoms with Gasteiger partial charge in [-0.3, -0.25) is 0 Å². The molecule has 124 valence electrons. The lowest BCUT2D eigenvalue weighted by Crippen LogP contribution is -2.33. The van der Waals surface area contributed by atoms with Gasteiger partial charge in [0.15, 0.2) is 0 Å². The summed E-state index contributed by atoms with van der Waals surface area (Å²) in [4.78, 5) is 2.40. The van der Waals surface area contributed by atoms with Gasteiger partial charge in [0.25, 0.3) is 0 Å². The second kappa shape index (κ2) is 5.38. The molecule has 2 N–H and O–H groups in total. The molecule has 1 aliphatic heterocycles. The van der Waals surface area contributed by atoms with Gasteiger partial charge >= 0.3 is 0 Å². The van der Waals surface area contributed by atoms with Gasteiger partial charge in [-0.1, -0.05) is 49.2 Å². The normalized spacial score (nSPS) is 17.4. The molecule has 2 aliphatic rings. The minimum Gasteiger partial charge on any atom is -0.399 e.